The quantitative estimate of drug-likeness (QED) is 0.590. The van der Waals surface area contributed by atoms with Gasteiger partial charge in [-0.2, -0.15) is 4.98 Å². The van der Waals surface area contributed by atoms with Crippen LogP contribution in [0.3, 0.4) is 0 Å². The minimum atomic E-state index is -0.578. The van der Waals surface area contributed by atoms with E-state index in [2.05, 4.69) is 36.7 Å². The van der Waals surface area contributed by atoms with Gasteiger partial charge in [-0.15, -0.1) is 0 Å². The maximum absolute atomic E-state index is 12.8. The number of rotatable bonds is 6. The highest BCUT2D eigenvalue weighted by Crippen LogP contribution is 2.22. The molecule has 3 rings (SSSR count). The zero-order valence-corrected chi connectivity index (χ0v) is 14.7. The third-order valence-corrected chi connectivity index (χ3v) is 3.64. The first-order valence-electron chi connectivity index (χ1n) is 7.44. The van der Waals surface area contributed by atoms with Gasteiger partial charge >= 0.3 is 11.8 Å². The average Bonchev–Trinajstić information content (AvgIpc) is 3.28. The number of amides is 2. The highest BCUT2D eigenvalue weighted by atomic mass is 79.9. The van der Waals surface area contributed by atoms with Crippen molar-refractivity contribution in [1.82, 2.24) is 20.8 Å². The van der Waals surface area contributed by atoms with E-state index in [0.717, 1.165) is 0 Å². The number of halogens is 2. The number of hydrogen-bond donors (Lipinski definition) is 2. The fraction of sp³-hybridized carbons (Fsp3) is 0.125. The predicted molar refractivity (Wildman–Crippen MR) is 90.8 cm³/mol. The molecule has 0 radical (unpaired) electrons. The molecule has 0 fully saturated rings. The molecule has 0 bridgehead atoms. The van der Waals surface area contributed by atoms with Crippen LogP contribution in [-0.4, -0.2) is 35.0 Å². The van der Waals surface area contributed by atoms with Gasteiger partial charge < -0.3 is 19.6 Å². The minimum Gasteiger partial charge on any atom is -0.446 e. The molecular weight excluding hydrogens is 411 g/mol. The standard InChI is InChI=1S/C16H12BrFN4O4/c17-12-6-5-11(25-12)13-21-16(26-22-13)15(24)20-8-7-19-14(23)9-1-3-10(18)4-2-9/h1-6H,7-8H2,(H,19,23)(H,20,24). The Morgan fingerprint density at radius 2 is 1.73 bits per heavy atom. The van der Waals surface area contributed by atoms with Crippen molar-refractivity contribution in [3.8, 4) is 11.6 Å². The summed E-state index contributed by atoms with van der Waals surface area (Å²) in [5, 5.41) is 8.79. The maximum Gasteiger partial charge on any atom is 0.316 e. The molecule has 2 heterocycles. The molecule has 0 aliphatic carbocycles. The van der Waals surface area contributed by atoms with Crippen molar-refractivity contribution >= 4 is 27.7 Å². The van der Waals surface area contributed by atoms with Crippen LogP contribution in [0.2, 0.25) is 0 Å². The molecule has 3 aromatic rings. The Bertz CT molecular complexity index is 922. The number of furan rings is 1. The Hall–Kier alpha value is -3.01. The molecule has 0 atom stereocenters. The van der Waals surface area contributed by atoms with Gasteiger partial charge in [-0.25, -0.2) is 4.39 Å². The monoisotopic (exact) mass is 422 g/mol. The number of hydrogen-bond acceptors (Lipinski definition) is 6. The largest absolute Gasteiger partial charge is 0.446 e. The Labute approximate surface area is 154 Å². The minimum absolute atomic E-state index is 0.144. The number of nitrogens with one attached hydrogen (secondary N) is 2. The Morgan fingerprint density at radius 3 is 2.38 bits per heavy atom. The van der Waals surface area contributed by atoms with Crippen molar-refractivity contribution in [1.29, 1.82) is 0 Å². The Morgan fingerprint density at radius 1 is 1.04 bits per heavy atom. The maximum atomic E-state index is 12.8. The van der Waals surface area contributed by atoms with Crippen LogP contribution in [0.4, 0.5) is 4.39 Å². The van der Waals surface area contributed by atoms with Crippen LogP contribution < -0.4 is 10.6 Å². The van der Waals surface area contributed by atoms with Gasteiger partial charge in [0.05, 0.1) is 0 Å². The van der Waals surface area contributed by atoms with Gasteiger partial charge in [-0.1, -0.05) is 5.16 Å². The van der Waals surface area contributed by atoms with E-state index in [1.165, 1.54) is 24.3 Å². The van der Waals surface area contributed by atoms with Crippen LogP contribution >= 0.6 is 15.9 Å². The van der Waals surface area contributed by atoms with Gasteiger partial charge in [0.1, 0.15) is 5.82 Å². The van der Waals surface area contributed by atoms with Crippen LogP contribution in [0.5, 0.6) is 0 Å². The second-order valence-corrected chi connectivity index (χ2v) is 5.83. The van der Waals surface area contributed by atoms with Gasteiger partial charge in [0, 0.05) is 18.7 Å². The van der Waals surface area contributed by atoms with Crippen molar-refractivity contribution in [3.63, 3.8) is 0 Å². The first-order chi connectivity index (χ1) is 12.5. The molecule has 0 aliphatic heterocycles. The van der Waals surface area contributed by atoms with E-state index in [9.17, 15) is 14.0 Å². The molecule has 2 N–H and O–H groups in total. The SMILES string of the molecule is O=C(NCCNC(=O)c1nc(-c2ccc(Br)o2)no1)c1ccc(F)cc1. The summed E-state index contributed by atoms with van der Waals surface area (Å²) in [6.45, 7) is 0.323. The van der Waals surface area contributed by atoms with Crippen molar-refractivity contribution in [2.24, 2.45) is 0 Å². The summed E-state index contributed by atoms with van der Waals surface area (Å²) in [6, 6.07) is 8.42. The second kappa shape index (κ2) is 7.91. The molecule has 134 valence electrons. The van der Waals surface area contributed by atoms with Gasteiger partial charge in [-0.05, 0) is 52.3 Å². The van der Waals surface area contributed by atoms with Gasteiger partial charge in [0.15, 0.2) is 10.4 Å². The lowest BCUT2D eigenvalue weighted by Crippen LogP contribution is -2.34. The van der Waals surface area contributed by atoms with E-state index in [0.29, 0.717) is 16.0 Å². The fourth-order valence-corrected chi connectivity index (χ4v) is 2.29. The lowest BCUT2D eigenvalue weighted by atomic mass is 10.2. The van der Waals surface area contributed by atoms with Crippen molar-refractivity contribution in [2.45, 2.75) is 0 Å². The number of nitrogens with zero attached hydrogens (tertiary/aromatic N) is 2. The summed E-state index contributed by atoms with van der Waals surface area (Å²) in [6.07, 6.45) is 0. The molecule has 2 aromatic heterocycles. The van der Waals surface area contributed by atoms with E-state index in [4.69, 9.17) is 8.94 Å². The first kappa shape index (κ1) is 17.8. The van der Waals surface area contributed by atoms with Crippen molar-refractivity contribution < 1.29 is 22.9 Å². The number of carbonyl (C=O) groups excluding carboxylic acids is 2. The topological polar surface area (TPSA) is 110 Å². The molecule has 1 aromatic carbocycles. The summed E-state index contributed by atoms with van der Waals surface area (Å²) >= 11 is 3.15. The Balaban J connectivity index is 1.46. The zero-order valence-electron chi connectivity index (χ0n) is 13.2. The smallest absolute Gasteiger partial charge is 0.316 e. The lowest BCUT2D eigenvalue weighted by molar-refractivity contribution is 0.0898. The normalized spacial score (nSPS) is 10.5. The molecule has 0 saturated heterocycles. The fourth-order valence-electron chi connectivity index (χ4n) is 1.98. The third kappa shape index (κ3) is 4.33. The van der Waals surface area contributed by atoms with Crippen LogP contribution in [0.15, 0.2) is 50.0 Å². The van der Waals surface area contributed by atoms with Crippen LogP contribution in [0.1, 0.15) is 21.0 Å². The highest BCUT2D eigenvalue weighted by molar-refractivity contribution is 9.10. The van der Waals surface area contributed by atoms with Gasteiger partial charge in [0.25, 0.3) is 5.91 Å². The average molecular weight is 423 g/mol. The van der Waals surface area contributed by atoms with Crippen LogP contribution in [0.25, 0.3) is 11.6 Å². The molecule has 0 spiro atoms. The molecular formula is C16H12BrFN4O4. The molecule has 8 nitrogen and oxygen atoms in total. The van der Waals surface area contributed by atoms with E-state index < -0.39 is 11.7 Å². The summed E-state index contributed by atoms with van der Waals surface area (Å²) in [4.78, 5) is 27.7. The van der Waals surface area contributed by atoms with Crippen molar-refractivity contribution in [3.05, 3.63) is 58.3 Å². The van der Waals surface area contributed by atoms with Crippen LogP contribution in [-0.2, 0) is 0 Å². The summed E-state index contributed by atoms with van der Waals surface area (Å²) in [5.41, 5.74) is 0.323. The van der Waals surface area contributed by atoms with Crippen LogP contribution in [0, 0.1) is 5.82 Å². The van der Waals surface area contributed by atoms with E-state index >= 15 is 0 Å². The third-order valence-electron chi connectivity index (χ3n) is 3.22. The Kier molecular flexibility index (Phi) is 5.42. The molecule has 10 heteroatoms. The van der Waals surface area contributed by atoms with E-state index in [-0.39, 0.29) is 30.7 Å². The van der Waals surface area contributed by atoms with Gasteiger partial charge in [0.2, 0.25) is 5.82 Å². The van der Waals surface area contributed by atoms with E-state index in [1.807, 2.05) is 0 Å². The zero-order chi connectivity index (χ0) is 18.5. The molecule has 0 aliphatic rings. The van der Waals surface area contributed by atoms with Gasteiger partial charge in [-0.3, -0.25) is 9.59 Å². The van der Waals surface area contributed by atoms with Crippen molar-refractivity contribution in [2.75, 3.05) is 13.1 Å². The second-order valence-electron chi connectivity index (χ2n) is 5.05. The lowest BCUT2D eigenvalue weighted by Gasteiger charge is -2.05. The molecule has 26 heavy (non-hydrogen) atoms. The molecule has 0 unspecified atom stereocenters. The molecule has 2 amide bonds. The summed E-state index contributed by atoms with van der Waals surface area (Å²) < 4.78 is 23.5. The predicted octanol–water partition coefficient (Wildman–Crippen LogP) is 2.39. The number of benzene rings is 1. The summed E-state index contributed by atoms with van der Waals surface area (Å²) in [7, 11) is 0. The number of aromatic nitrogens is 2. The first-order valence-corrected chi connectivity index (χ1v) is 8.23. The number of carbonyl (C=O) groups is 2. The van der Waals surface area contributed by atoms with E-state index in [1.54, 1.807) is 12.1 Å². The highest BCUT2D eigenvalue weighted by Gasteiger charge is 2.17. The summed E-state index contributed by atoms with van der Waals surface area (Å²) in [5.74, 6) is -1.10. The molecule has 0 saturated carbocycles.